The molecule has 1 amide bonds. The molecule has 2 N–H and O–H groups in total. The van der Waals surface area contributed by atoms with Crippen molar-refractivity contribution in [2.45, 2.75) is 13.8 Å². The number of carbonyl (C=O) groups is 1. The average molecular weight is 367 g/mol. The van der Waals surface area contributed by atoms with E-state index in [2.05, 4.69) is 10.5 Å². The highest BCUT2D eigenvalue weighted by atomic mass is 35.5. The molecule has 2 aromatic rings. The van der Waals surface area contributed by atoms with Crippen molar-refractivity contribution in [2.75, 3.05) is 11.9 Å². The Morgan fingerprint density at radius 2 is 1.88 bits per heavy atom. The number of aryl methyl sites for hydroxylation is 2. The van der Waals surface area contributed by atoms with Crippen molar-refractivity contribution in [2.24, 2.45) is 5.16 Å². The second-order valence-electron chi connectivity index (χ2n) is 5.19. The number of hydrogen-bond acceptors (Lipinski definition) is 4. The van der Waals surface area contributed by atoms with E-state index in [-0.39, 0.29) is 28.3 Å². The zero-order valence-electron chi connectivity index (χ0n) is 13.1. The van der Waals surface area contributed by atoms with Gasteiger partial charge in [0.25, 0.3) is 5.91 Å². The van der Waals surface area contributed by atoms with Crippen LogP contribution in [0.3, 0.4) is 0 Å². The van der Waals surface area contributed by atoms with E-state index in [9.17, 15) is 4.79 Å². The molecule has 5 nitrogen and oxygen atoms in total. The number of ether oxygens (including phenoxy) is 1. The van der Waals surface area contributed by atoms with Crippen molar-refractivity contribution < 1.29 is 14.7 Å². The quantitative estimate of drug-likeness (QED) is 0.466. The summed E-state index contributed by atoms with van der Waals surface area (Å²) in [7, 11) is 0. The van der Waals surface area contributed by atoms with Gasteiger partial charge in [0, 0.05) is 5.69 Å². The second-order valence-corrected chi connectivity index (χ2v) is 6.01. The number of benzene rings is 2. The summed E-state index contributed by atoms with van der Waals surface area (Å²) in [5.41, 5.74) is 3.44. The Balaban J connectivity index is 2.02. The van der Waals surface area contributed by atoms with Crippen molar-refractivity contribution in [1.29, 1.82) is 0 Å². The third kappa shape index (κ3) is 4.63. The van der Waals surface area contributed by atoms with Crippen LogP contribution in [0.25, 0.3) is 0 Å². The van der Waals surface area contributed by atoms with E-state index in [1.165, 1.54) is 18.3 Å². The zero-order valence-corrected chi connectivity index (χ0v) is 14.6. The van der Waals surface area contributed by atoms with Crippen LogP contribution in [0.1, 0.15) is 16.7 Å². The number of amides is 1. The van der Waals surface area contributed by atoms with Gasteiger partial charge in [0.2, 0.25) is 0 Å². The maximum absolute atomic E-state index is 12.0. The molecule has 0 fully saturated rings. The number of oxime groups is 1. The minimum Gasteiger partial charge on any atom is -0.481 e. The molecule has 2 rings (SSSR count). The fraction of sp³-hybridized carbons (Fsp3) is 0.176. The van der Waals surface area contributed by atoms with Crippen molar-refractivity contribution in [3.05, 3.63) is 57.1 Å². The van der Waals surface area contributed by atoms with Gasteiger partial charge in [-0.1, -0.05) is 34.4 Å². The normalized spacial score (nSPS) is 10.8. The predicted octanol–water partition coefficient (Wildman–Crippen LogP) is 4.44. The monoisotopic (exact) mass is 366 g/mol. The summed E-state index contributed by atoms with van der Waals surface area (Å²) in [6, 6.07) is 8.67. The molecule has 0 aliphatic rings. The average Bonchev–Trinajstić information content (AvgIpc) is 2.50. The molecular weight excluding hydrogens is 351 g/mol. The lowest BCUT2D eigenvalue weighted by Crippen LogP contribution is -2.20. The van der Waals surface area contributed by atoms with E-state index < -0.39 is 0 Å². The highest BCUT2D eigenvalue weighted by Gasteiger charge is 2.12. The van der Waals surface area contributed by atoms with Gasteiger partial charge in [0.05, 0.1) is 16.3 Å². The Hall–Kier alpha value is -2.24. The summed E-state index contributed by atoms with van der Waals surface area (Å²) in [6.07, 6.45) is 1.19. The molecule has 0 atom stereocenters. The van der Waals surface area contributed by atoms with Crippen LogP contribution in [0.4, 0.5) is 5.69 Å². The Morgan fingerprint density at radius 3 is 2.46 bits per heavy atom. The molecular formula is C17H16Cl2N2O3. The summed E-state index contributed by atoms with van der Waals surface area (Å²) >= 11 is 12.1. The zero-order chi connectivity index (χ0) is 17.7. The number of nitrogens with zero attached hydrogens (tertiary/aromatic N) is 1. The van der Waals surface area contributed by atoms with E-state index in [0.29, 0.717) is 11.3 Å². The highest BCUT2D eigenvalue weighted by molar-refractivity contribution is 6.37. The molecule has 126 valence electrons. The molecule has 0 aliphatic carbocycles. The van der Waals surface area contributed by atoms with Crippen LogP contribution in [-0.4, -0.2) is 23.9 Å². The van der Waals surface area contributed by atoms with E-state index in [4.69, 9.17) is 33.1 Å². The lowest BCUT2D eigenvalue weighted by Gasteiger charge is -2.11. The van der Waals surface area contributed by atoms with Crippen molar-refractivity contribution in [1.82, 2.24) is 0 Å². The van der Waals surface area contributed by atoms with Gasteiger partial charge in [-0.25, -0.2) is 0 Å². The van der Waals surface area contributed by atoms with Gasteiger partial charge in [-0.2, -0.15) is 0 Å². The van der Waals surface area contributed by atoms with Crippen LogP contribution in [0.2, 0.25) is 10.0 Å². The molecule has 0 unspecified atom stereocenters. The number of carbonyl (C=O) groups excluding carboxylic acids is 1. The highest BCUT2D eigenvalue weighted by Crippen LogP contribution is 2.33. The first-order valence-electron chi connectivity index (χ1n) is 7.07. The summed E-state index contributed by atoms with van der Waals surface area (Å²) < 4.78 is 5.41. The van der Waals surface area contributed by atoms with Gasteiger partial charge in [-0.3, -0.25) is 4.79 Å². The van der Waals surface area contributed by atoms with E-state index in [1.54, 1.807) is 0 Å². The third-order valence-electron chi connectivity index (χ3n) is 3.37. The van der Waals surface area contributed by atoms with Gasteiger partial charge in [-0.15, -0.1) is 0 Å². The van der Waals surface area contributed by atoms with Crippen molar-refractivity contribution in [3.63, 3.8) is 0 Å². The van der Waals surface area contributed by atoms with Crippen LogP contribution in [0.5, 0.6) is 5.75 Å². The Bertz CT molecular complexity index is 768. The van der Waals surface area contributed by atoms with Gasteiger partial charge in [0.15, 0.2) is 12.4 Å². The number of rotatable bonds is 5. The maximum atomic E-state index is 12.0. The molecule has 7 heteroatoms. The summed E-state index contributed by atoms with van der Waals surface area (Å²) in [4.78, 5) is 12.0. The molecule has 0 aliphatic heterocycles. The largest absolute Gasteiger partial charge is 0.481 e. The number of anilines is 1. The number of nitrogens with one attached hydrogen (secondary N) is 1. The topological polar surface area (TPSA) is 70.9 Å². The first-order valence-corrected chi connectivity index (χ1v) is 7.82. The Kier molecular flexibility index (Phi) is 6.06. The smallest absolute Gasteiger partial charge is 0.262 e. The molecule has 0 radical (unpaired) electrons. The van der Waals surface area contributed by atoms with Crippen LogP contribution < -0.4 is 10.1 Å². The number of halogens is 2. The fourth-order valence-corrected chi connectivity index (χ4v) is 2.63. The first kappa shape index (κ1) is 18.1. The number of hydrogen-bond donors (Lipinski definition) is 2. The molecule has 0 aromatic heterocycles. The summed E-state index contributed by atoms with van der Waals surface area (Å²) in [5.74, 6) is -0.130. The van der Waals surface area contributed by atoms with E-state index >= 15 is 0 Å². The van der Waals surface area contributed by atoms with Gasteiger partial charge < -0.3 is 15.3 Å². The SMILES string of the molecule is Cc1ccc(NC(=O)COc2c(Cl)cc(/C=N/O)cc2Cl)cc1C. The fourth-order valence-electron chi connectivity index (χ4n) is 2.01. The Morgan fingerprint density at radius 1 is 1.21 bits per heavy atom. The van der Waals surface area contributed by atoms with Crippen LogP contribution >= 0.6 is 23.2 Å². The lowest BCUT2D eigenvalue weighted by atomic mass is 10.1. The summed E-state index contributed by atoms with van der Waals surface area (Å²) in [6.45, 7) is 3.73. The third-order valence-corrected chi connectivity index (χ3v) is 3.93. The molecule has 0 bridgehead atoms. The maximum Gasteiger partial charge on any atom is 0.262 e. The molecule has 0 spiro atoms. The Labute approximate surface area is 149 Å². The summed E-state index contributed by atoms with van der Waals surface area (Å²) in [5, 5.41) is 14.6. The van der Waals surface area contributed by atoms with Crippen molar-refractivity contribution >= 4 is 41.0 Å². The standard InChI is InChI=1S/C17H16Cl2N2O3/c1-10-3-4-13(5-11(10)2)21-16(22)9-24-17-14(18)6-12(8-20-23)7-15(17)19/h3-8,23H,9H2,1-2H3,(H,21,22)/b20-8+. The molecule has 0 saturated carbocycles. The molecule has 2 aromatic carbocycles. The minimum atomic E-state index is -0.327. The van der Waals surface area contributed by atoms with Crippen LogP contribution in [0.15, 0.2) is 35.5 Å². The second kappa shape index (κ2) is 8.04. The first-order chi connectivity index (χ1) is 11.4. The minimum absolute atomic E-state index is 0.198. The van der Waals surface area contributed by atoms with Gasteiger partial charge in [0.1, 0.15) is 0 Å². The molecule has 0 saturated heterocycles. The molecule has 24 heavy (non-hydrogen) atoms. The van der Waals surface area contributed by atoms with Gasteiger partial charge >= 0.3 is 0 Å². The van der Waals surface area contributed by atoms with Crippen molar-refractivity contribution in [3.8, 4) is 5.75 Å². The molecule has 0 heterocycles. The van der Waals surface area contributed by atoms with Gasteiger partial charge in [-0.05, 0) is 54.8 Å². The van der Waals surface area contributed by atoms with E-state index in [1.807, 2.05) is 32.0 Å². The predicted molar refractivity (Wildman–Crippen MR) is 95.9 cm³/mol. The lowest BCUT2D eigenvalue weighted by molar-refractivity contribution is -0.118. The van der Waals surface area contributed by atoms with Crippen LogP contribution in [0, 0.1) is 13.8 Å². The van der Waals surface area contributed by atoms with E-state index in [0.717, 1.165) is 11.1 Å². The van der Waals surface area contributed by atoms with Crippen LogP contribution in [-0.2, 0) is 4.79 Å².